The van der Waals surface area contributed by atoms with Crippen molar-refractivity contribution >= 4 is 27.8 Å². The van der Waals surface area contributed by atoms with Crippen LogP contribution in [0, 0.1) is 0 Å². The van der Waals surface area contributed by atoms with Crippen molar-refractivity contribution < 1.29 is 0 Å². The normalized spacial score (nSPS) is 12.6. The number of rotatable bonds is 7. The average Bonchev–Trinajstić information content (AvgIpc) is 3.49. The van der Waals surface area contributed by atoms with E-state index < -0.39 is 0 Å². The van der Waals surface area contributed by atoms with E-state index in [-0.39, 0.29) is 5.41 Å². The lowest BCUT2D eigenvalue weighted by molar-refractivity contribution is 0.660. The molecule has 1 aliphatic carbocycles. The second-order valence-electron chi connectivity index (χ2n) is 15.3. The van der Waals surface area contributed by atoms with Crippen molar-refractivity contribution in [1.29, 1.82) is 0 Å². The first kappa shape index (κ1) is 33.6. The Bertz CT molecular complexity index is 2880. The van der Waals surface area contributed by atoms with Crippen molar-refractivity contribution in [2.75, 3.05) is 4.90 Å². The highest BCUT2D eigenvalue weighted by Crippen LogP contribution is 2.53. The van der Waals surface area contributed by atoms with Gasteiger partial charge in [-0.3, -0.25) is 0 Å². The highest BCUT2D eigenvalue weighted by Gasteiger charge is 2.36. The Labute approximate surface area is 329 Å². The molecule has 9 aromatic carbocycles. The summed E-state index contributed by atoms with van der Waals surface area (Å²) in [4.78, 5) is 2.49. The second kappa shape index (κ2) is 13.7. The van der Waals surface area contributed by atoms with Crippen molar-refractivity contribution in [3.63, 3.8) is 0 Å². The fourth-order valence-electron chi connectivity index (χ4n) is 8.91. The van der Waals surface area contributed by atoms with Gasteiger partial charge in [0.1, 0.15) is 0 Å². The second-order valence-corrected chi connectivity index (χ2v) is 15.3. The molecular weight excluding hydrogens is 675 g/mol. The van der Waals surface area contributed by atoms with Gasteiger partial charge in [0.15, 0.2) is 0 Å². The maximum atomic E-state index is 2.49. The molecule has 10 rings (SSSR count). The minimum Gasteiger partial charge on any atom is -0.310 e. The molecule has 1 heteroatoms. The highest BCUT2D eigenvalue weighted by molar-refractivity contribution is 6.02. The summed E-state index contributed by atoms with van der Waals surface area (Å²) in [5.41, 5.74) is 18.1. The molecule has 0 saturated heterocycles. The molecule has 0 N–H and O–H groups in total. The fourth-order valence-corrected chi connectivity index (χ4v) is 8.91. The van der Waals surface area contributed by atoms with E-state index in [2.05, 4.69) is 231 Å². The number of nitrogens with zero attached hydrogens (tertiary/aromatic N) is 1. The van der Waals surface area contributed by atoms with Crippen molar-refractivity contribution in [2.24, 2.45) is 0 Å². The summed E-state index contributed by atoms with van der Waals surface area (Å²) in [7, 11) is 0. The molecule has 0 heterocycles. The third-order valence-electron chi connectivity index (χ3n) is 11.7. The van der Waals surface area contributed by atoms with Crippen LogP contribution in [-0.4, -0.2) is 0 Å². The zero-order chi connectivity index (χ0) is 37.6. The maximum absolute atomic E-state index is 2.49. The first-order chi connectivity index (χ1) is 27.5. The lowest BCUT2D eigenvalue weighted by atomic mass is 9.82. The largest absolute Gasteiger partial charge is 0.310 e. The molecule has 0 aliphatic heterocycles. The van der Waals surface area contributed by atoms with E-state index in [4.69, 9.17) is 0 Å². The number of benzene rings is 9. The monoisotopic (exact) mass is 715 g/mol. The van der Waals surface area contributed by atoms with Crippen LogP contribution in [0.5, 0.6) is 0 Å². The van der Waals surface area contributed by atoms with Gasteiger partial charge in [0.25, 0.3) is 0 Å². The van der Waals surface area contributed by atoms with Crippen LogP contribution < -0.4 is 4.90 Å². The highest BCUT2D eigenvalue weighted by atomic mass is 15.1. The van der Waals surface area contributed by atoms with Gasteiger partial charge in [-0.05, 0) is 108 Å². The zero-order valence-electron chi connectivity index (χ0n) is 31.7. The molecule has 0 bridgehead atoms. The molecule has 0 atom stereocenters. The van der Waals surface area contributed by atoms with E-state index in [0.717, 1.165) is 17.1 Å². The number of hydrogen-bond acceptors (Lipinski definition) is 1. The Balaban J connectivity index is 1.26. The topological polar surface area (TPSA) is 3.24 Å². The summed E-state index contributed by atoms with van der Waals surface area (Å²) in [6.45, 7) is 4.70. The number of fused-ring (bicyclic) bond motifs is 4. The first-order valence-electron chi connectivity index (χ1n) is 19.5. The third-order valence-corrected chi connectivity index (χ3v) is 11.7. The van der Waals surface area contributed by atoms with Gasteiger partial charge in [0.2, 0.25) is 0 Å². The lowest BCUT2D eigenvalue weighted by Gasteiger charge is -2.31. The fraction of sp³-hybridized carbons (Fsp3) is 0.0545. The zero-order valence-corrected chi connectivity index (χ0v) is 31.7. The van der Waals surface area contributed by atoms with Gasteiger partial charge in [-0.25, -0.2) is 0 Å². The van der Waals surface area contributed by atoms with Crippen molar-refractivity contribution in [2.45, 2.75) is 19.3 Å². The van der Waals surface area contributed by atoms with Gasteiger partial charge >= 0.3 is 0 Å². The quantitative estimate of drug-likeness (QED) is 0.159. The first-order valence-corrected chi connectivity index (χ1v) is 19.5. The van der Waals surface area contributed by atoms with E-state index in [1.54, 1.807) is 0 Å². The van der Waals surface area contributed by atoms with Crippen LogP contribution in [0.3, 0.4) is 0 Å². The smallest absolute Gasteiger partial charge is 0.0546 e. The van der Waals surface area contributed by atoms with Crippen LogP contribution in [0.15, 0.2) is 212 Å². The van der Waals surface area contributed by atoms with E-state index >= 15 is 0 Å². The van der Waals surface area contributed by atoms with Gasteiger partial charge in [-0.15, -0.1) is 0 Å². The molecule has 0 amide bonds. The minimum absolute atomic E-state index is 0.0850. The van der Waals surface area contributed by atoms with Gasteiger partial charge in [0, 0.05) is 22.4 Å². The van der Waals surface area contributed by atoms with E-state index in [1.807, 2.05) is 0 Å². The molecule has 0 fully saturated rings. The van der Waals surface area contributed by atoms with Crippen LogP contribution in [0.25, 0.3) is 66.4 Å². The molecule has 266 valence electrons. The molecule has 0 unspecified atom stereocenters. The molecule has 0 spiro atoms. The van der Waals surface area contributed by atoms with Crippen LogP contribution >= 0.6 is 0 Å². The molecule has 1 nitrogen and oxygen atoms in total. The maximum Gasteiger partial charge on any atom is 0.0546 e. The molecule has 9 aromatic rings. The van der Waals surface area contributed by atoms with E-state index in [1.165, 1.54) is 77.5 Å². The summed E-state index contributed by atoms with van der Waals surface area (Å²) in [5, 5.41) is 2.48. The molecular formula is C55H41N. The minimum atomic E-state index is -0.0850. The number of hydrogen-bond donors (Lipinski definition) is 0. The molecule has 0 radical (unpaired) electrons. The summed E-state index contributed by atoms with van der Waals surface area (Å²) in [5.74, 6) is 0. The summed E-state index contributed by atoms with van der Waals surface area (Å²) < 4.78 is 0. The van der Waals surface area contributed by atoms with E-state index in [0.29, 0.717) is 0 Å². The summed E-state index contributed by atoms with van der Waals surface area (Å²) in [6.07, 6.45) is 0. The van der Waals surface area contributed by atoms with Gasteiger partial charge in [-0.1, -0.05) is 190 Å². The Hall–Kier alpha value is -6.96. The predicted octanol–water partition coefficient (Wildman–Crippen LogP) is 15.3. The number of anilines is 3. The Morgan fingerprint density at radius 2 is 0.875 bits per heavy atom. The lowest BCUT2D eigenvalue weighted by Crippen LogP contribution is -2.15. The molecule has 1 aliphatic rings. The van der Waals surface area contributed by atoms with Crippen molar-refractivity contribution in [3.8, 4) is 55.6 Å². The van der Waals surface area contributed by atoms with Gasteiger partial charge < -0.3 is 4.90 Å². The molecule has 0 aromatic heterocycles. The van der Waals surface area contributed by atoms with Crippen LogP contribution in [0.4, 0.5) is 17.1 Å². The van der Waals surface area contributed by atoms with Crippen LogP contribution in [0.1, 0.15) is 25.0 Å². The molecule has 56 heavy (non-hydrogen) atoms. The van der Waals surface area contributed by atoms with Crippen LogP contribution in [-0.2, 0) is 5.41 Å². The third kappa shape index (κ3) is 5.72. The van der Waals surface area contributed by atoms with Gasteiger partial charge in [-0.2, -0.15) is 0 Å². The Morgan fingerprint density at radius 1 is 0.321 bits per heavy atom. The average molecular weight is 716 g/mol. The van der Waals surface area contributed by atoms with Gasteiger partial charge in [0.05, 0.1) is 5.69 Å². The Kier molecular flexibility index (Phi) is 8.23. The Morgan fingerprint density at radius 3 is 1.66 bits per heavy atom. The van der Waals surface area contributed by atoms with Crippen LogP contribution in [0.2, 0.25) is 0 Å². The SMILES string of the molecule is CC1(C)c2ccccc2-c2cc(N(c3cccc(-c4ccc5ccccc5c4)c3)c3cccc(-c4ccccc4)c3-c3ccccc3-c3ccccc3)ccc21. The molecule has 0 saturated carbocycles. The predicted molar refractivity (Wildman–Crippen MR) is 238 cm³/mol. The standard InChI is InChI=1S/C55H41N/c1-55(2)51-29-14-13-26-48(51)50-37-45(33-34-52(50)55)56(44-24-15-23-42(36-44)43-32-31-38-17-9-10-22-41(38)35-43)53-30-16-28-47(40-20-7-4-8-21-40)54(53)49-27-12-11-25-46(49)39-18-5-3-6-19-39/h3-37H,1-2H3. The summed E-state index contributed by atoms with van der Waals surface area (Å²) in [6, 6.07) is 77.8. The van der Waals surface area contributed by atoms with Crippen molar-refractivity contribution in [3.05, 3.63) is 223 Å². The summed E-state index contributed by atoms with van der Waals surface area (Å²) >= 11 is 0. The van der Waals surface area contributed by atoms with E-state index in [9.17, 15) is 0 Å². The van der Waals surface area contributed by atoms with Crippen molar-refractivity contribution in [1.82, 2.24) is 0 Å².